The van der Waals surface area contributed by atoms with Gasteiger partial charge in [-0.2, -0.15) is 0 Å². The first-order chi connectivity index (χ1) is 12.5. The number of rotatable bonds is 5. The molecule has 3 rings (SSSR count). The maximum absolute atomic E-state index is 12.6. The number of imide groups is 1. The van der Waals surface area contributed by atoms with Crippen LogP contribution in [0.1, 0.15) is 23.7 Å². The maximum atomic E-state index is 12.6. The van der Waals surface area contributed by atoms with Gasteiger partial charge in [0.25, 0.3) is 5.91 Å². The molecule has 26 heavy (non-hydrogen) atoms. The molecule has 7 heteroatoms. The Morgan fingerprint density at radius 2 is 1.81 bits per heavy atom. The Hall–Kier alpha value is -3.35. The van der Waals surface area contributed by atoms with Crippen LogP contribution in [0.4, 0.5) is 11.4 Å². The van der Waals surface area contributed by atoms with Gasteiger partial charge in [-0.1, -0.05) is 0 Å². The van der Waals surface area contributed by atoms with Gasteiger partial charge in [-0.15, -0.1) is 0 Å². The Labute approximate surface area is 150 Å². The van der Waals surface area contributed by atoms with Gasteiger partial charge in [-0.05, 0) is 55.5 Å². The number of amides is 2. The lowest BCUT2D eigenvalue weighted by molar-refractivity contribution is -0.121. The molecular weight excluding hydrogens is 336 g/mol. The van der Waals surface area contributed by atoms with Crippen LogP contribution >= 0.6 is 0 Å². The minimum absolute atomic E-state index is 0.0271. The summed E-state index contributed by atoms with van der Waals surface area (Å²) in [5, 5.41) is 12.3. The van der Waals surface area contributed by atoms with Gasteiger partial charge in [0.05, 0.1) is 24.3 Å². The van der Waals surface area contributed by atoms with E-state index in [9.17, 15) is 19.5 Å². The molecule has 2 aromatic carbocycles. The monoisotopic (exact) mass is 354 g/mol. The summed E-state index contributed by atoms with van der Waals surface area (Å²) in [7, 11) is 0. The van der Waals surface area contributed by atoms with E-state index < -0.39 is 12.0 Å². The number of ether oxygens (including phenoxy) is 1. The second kappa shape index (κ2) is 7.26. The SMILES string of the molecule is CCOC(=O)c1ccc(N2C(=O)C[C@H](Nc3ccc(O)cc3)C2=O)cc1. The Morgan fingerprint density at radius 1 is 1.15 bits per heavy atom. The van der Waals surface area contributed by atoms with Gasteiger partial charge < -0.3 is 15.2 Å². The van der Waals surface area contributed by atoms with E-state index in [2.05, 4.69) is 5.32 Å². The molecule has 1 saturated heterocycles. The molecule has 0 unspecified atom stereocenters. The molecule has 2 amide bonds. The highest BCUT2D eigenvalue weighted by Crippen LogP contribution is 2.26. The number of hydrogen-bond acceptors (Lipinski definition) is 6. The third kappa shape index (κ3) is 3.51. The van der Waals surface area contributed by atoms with E-state index >= 15 is 0 Å². The number of nitrogens with zero attached hydrogens (tertiary/aromatic N) is 1. The molecule has 0 aliphatic carbocycles. The van der Waals surface area contributed by atoms with E-state index in [1.807, 2.05) is 0 Å². The highest BCUT2D eigenvalue weighted by Gasteiger charge is 2.39. The average molecular weight is 354 g/mol. The number of aromatic hydroxyl groups is 1. The van der Waals surface area contributed by atoms with E-state index in [1.165, 1.54) is 24.3 Å². The quantitative estimate of drug-likeness (QED) is 0.486. The Balaban J connectivity index is 1.74. The fourth-order valence-electron chi connectivity index (χ4n) is 2.74. The van der Waals surface area contributed by atoms with E-state index in [0.29, 0.717) is 16.9 Å². The zero-order chi connectivity index (χ0) is 18.7. The Morgan fingerprint density at radius 3 is 2.42 bits per heavy atom. The van der Waals surface area contributed by atoms with Crippen molar-refractivity contribution >= 4 is 29.2 Å². The molecule has 1 aliphatic rings. The molecule has 2 aromatic rings. The molecule has 0 aromatic heterocycles. The van der Waals surface area contributed by atoms with Crippen molar-refractivity contribution < 1.29 is 24.2 Å². The molecule has 1 atom stereocenters. The van der Waals surface area contributed by atoms with Crippen LogP contribution < -0.4 is 10.2 Å². The smallest absolute Gasteiger partial charge is 0.338 e. The van der Waals surface area contributed by atoms with Crippen molar-refractivity contribution in [2.24, 2.45) is 0 Å². The number of anilines is 2. The number of benzene rings is 2. The molecule has 1 heterocycles. The number of carbonyl (C=O) groups is 3. The van der Waals surface area contributed by atoms with Gasteiger partial charge >= 0.3 is 5.97 Å². The lowest BCUT2D eigenvalue weighted by atomic mass is 10.2. The highest BCUT2D eigenvalue weighted by molar-refractivity contribution is 6.23. The van der Waals surface area contributed by atoms with Gasteiger partial charge in [-0.25, -0.2) is 9.69 Å². The molecule has 0 radical (unpaired) electrons. The normalized spacial score (nSPS) is 16.7. The summed E-state index contributed by atoms with van der Waals surface area (Å²) >= 11 is 0. The molecule has 0 spiro atoms. The zero-order valence-electron chi connectivity index (χ0n) is 14.1. The topological polar surface area (TPSA) is 95.9 Å². The Bertz CT molecular complexity index is 830. The van der Waals surface area contributed by atoms with Crippen molar-refractivity contribution in [3.05, 3.63) is 54.1 Å². The lowest BCUT2D eigenvalue weighted by Crippen LogP contribution is -2.34. The molecule has 134 valence electrons. The van der Waals surface area contributed by atoms with E-state index in [1.54, 1.807) is 31.2 Å². The van der Waals surface area contributed by atoms with Crippen LogP contribution in [0.5, 0.6) is 5.75 Å². The molecule has 2 N–H and O–H groups in total. The molecule has 7 nitrogen and oxygen atoms in total. The molecule has 1 aliphatic heterocycles. The van der Waals surface area contributed by atoms with E-state index in [4.69, 9.17) is 4.74 Å². The van der Waals surface area contributed by atoms with Crippen LogP contribution in [0.3, 0.4) is 0 Å². The van der Waals surface area contributed by atoms with Crippen molar-refractivity contribution in [3.8, 4) is 5.75 Å². The van der Waals surface area contributed by atoms with Gasteiger partial charge in [0, 0.05) is 5.69 Å². The molecule has 0 saturated carbocycles. The number of esters is 1. The number of phenolic OH excluding ortho intramolecular Hbond substituents is 1. The second-order valence-electron chi connectivity index (χ2n) is 5.78. The van der Waals surface area contributed by atoms with Crippen LogP contribution in [0.15, 0.2) is 48.5 Å². The van der Waals surface area contributed by atoms with Crippen molar-refractivity contribution in [1.82, 2.24) is 0 Å². The third-order valence-electron chi connectivity index (χ3n) is 3.99. The number of phenols is 1. The minimum atomic E-state index is -0.684. The number of hydrogen-bond donors (Lipinski definition) is 2. The van der Waals surface area contributed by atoms with Gasteiger partial charge in [0.15, 0.2) is 0 Å². The largest absolute Gasteiger partial charge is 0.508 e. The summed E-state index contributed by atoms with van der Waals surface area (Å²) in [6.45, 7) is 1.99. The number of carbonyl (C=O) groups excluding carboxylic acids is 3. The maximum Gasteiger partial charge on any atom is 0.338 e. The van der Waals surface area contributed by atoms with Crippen molar-refractivity contribution in [2.75, 3.05) is 16.8 Å². The summed E-state index contributed by atoms with van der Waals surface area (Å²) in [6, 6.07) is 11.7. The first kappa shape index (κ1) is 17.5. The van der Waals surface area contributed by atoms with Crippen LogP contribution in [-0.2, 0) is 14.3 Å². The predicted octanol–water partition coefficient (Wildman–Crippen LogP) is 2.31. The van der Waals surface area contributed by atoms with Gasteiger partial charge in [0.1, 0.15) is 11.8 Å². The summed E-state index contributed by atoms with van der Waals surface area (Å²) in [6.07, 6.45) is 0.0271. The van der Waals surface area contributed by atoms with Crippen LogP contribution in [-0.4, -0.2) is 35.5 Å². The standard InChI is InChI=1S/C19H18N2O5/c1-2-26-19(25)12-3-7-14(8-4-12)21-17(23)11-16(18(21)24)20-13-5-9-15(22)10-6-13/h3-10,16,20,22H,2,11H2,1H3/t16-/m0/s1. The fraction of sp³-hybridized carbons (Fsp3) is 0.211. The molecule has 1 fully saturated rings. The first-order valence-corrected chi connectivity index (χ1v) is 8.19. The van der Waals surface area contributed by atoms with Gasteiger partial charge in [0.2, 0.25) is 5.91 Å². The predicted molar refractivity (Wildman–Crippen MR) is 95.0 cm³/mol. The first-order valence-electron chi connectivity index (χ1n) is 8.19. The van der Waals surface area contributed by atoms with Crippen LogP contribution in [0.2, 0.25) is 0 Å². The van der Waals surface area contributed by atoms with E-state index in [-0.39, 0.29) is 30.6 Å². The molecular formula is C19H18N2O5. The van der Waals surface area contributed by atoms with Crippen LogP contribution in [0, 0.1) is 0 Å². The minimum Gasteiger partial charge on any atom is -0.508 e. The summed E-state index contributed by atoms with van der Waals surface area (Å²) in [5.74, 6) is -1.03. The lowest BCUT2D eigenvalue weighted by Gasteiger charge is -2.16. The van der Waals surface area contributed by atoms with Crippen molar-refractivity contribution in [3.63, 3.8) is 0 Å². The summed E-state index contributed by atoms with van der Waals surface area (Å²) in [5.41, 5.74) is 1.39. The summed E-state index contributed by atoms with van der Waals surface area (Å²) in [4.78, 5) is 37.7. The average Bonchev–Trinajstić information content (AvgIpc) is 2.91. The summed E-state index contributed by atoms with van der Waals surface area (Å²) < 4.78 is 4.91. The fourth-order valence-corrected chi connectivity index (χ4v) is 2.74. The van der Waals surface area contributed by atoms with E-state index in [0.717, 1.165) is 4.90 Å². The van der Waals surface area contributed by atoms with Crippen LogP contribution in [0.25, 0.3) is 0 Å². The zero-order valence-corrected chi connectivity index (χ0v) is 14.1. The second-order valence-corrected chi connectivity index (χ2v) is 5.78. The third-order valence-corrected chi connectivity index (χ3v) is 3.99. The van der Waals surface area contributed by atoms with Gasteiger partial charge in [-0.3, -0.25) is 9.59 Å². The van der Waals surface area contributed by atoms with Crippen molar-refractivity contribution in [1.29, 1.82) is 0 Å². The molecule has 0 bridgehead atoms. The highest BCUT2D eigenvalue weighted by atomic mass is 16.5. The number of nitrogens with one attached hydrogen (secondary N) is 1. The Kier molecular flexibility index (Phi) is 4.88. The van der Waals surface area contributed by atoms with Crippen molar-refractivity contribution in [2.45, 2.75) is 19.4 Å².